The second kappa shape index (κ2) is 10.6. The number of hydrogen-bond donors (Lipinski definition) is 3. The minimum Gasteiger partial charge on any atom is -0.480 e. The lowest BCUT2D eigenvalue weighted by Crippen LogP contribution is -2.56. The first kappa shape index (κ1) is 24.8. The first-order valence-corrected chi connectivity index (χ1v) is 13.1. The minimum absolute atomic E-state index is 0.0425. The van der Waals surface area contributed by atoms with Gasteiger partial charge in [-0.05, 0) is 59.7 Å². The summed E-state index contributed by atoms with van der Waals surface area (Å²) in [7, 11) is -4.07. The molecule has 1 heterocycles. The minimum atomic E-state index is -4.07. The average Bonchev–Trinajstić information content (AvgIpc) is 2.87. The molecule has 1 amide bonds. The number of carboxylic acids is 1. The van der Waals surface area contributed by atoms with Gasteiger partial charge in [0.2, 0.25) is 15.9 Å². The van der Waals surface area contributed by atoms with E-state index in [2.05, 4.69) is 4.72 Å². The molecule has 4 N–H and O–H groups in total. The molecule has 0 aromatic heterocycles. The van der Waals surface area contributed by atoms with Gasteiger partial charge in [-0.3, -0.25) is 4.79 Å². The maximum Gasteiger partial charge on any atom is 0.326 e. The Hall–Kier alpha value is -3.27. The third-order valence-corrected chi connectivity index (χ3v) is 7.87. The number of benzene rings is 3. The van der Waals surface area contributed by atoms with Crippen molar-refractivity contribution < 1.29 is 23.1 Å². The van der Waals surface area contributed by atoms with Gasteiger partial charge in [0.15, 0.2) is 0 Å². The van der Waals surface area contributed by atoms with Crippen LogP contribution in [0.25, 0.3) is 10.8 Å². The molecule has 4 rings (SSSR count). The molecule has 3 aromatic rings. The molecule has 1 unspecified atom stereocenters. The van der Waals surface area contributed by atoms with Gasteiger partial charge in [0.1, 0.15) is 12.1 Å². The Kier molecular flexibility index (Phi) is 7.49. The zero-order valence-corrected chi connectivity index (χ0v) is 20.1. The number of fused-ring (bicyclic) bond motifs is 1. The highest BCUT2D eigenvalue weighted by Crippen LogP contribution is 2.22. The van der Waals surface area contributed by atoms with E-state index in [0.29, 0.717) is 25.8 Å². The molecule has 3 aromatic carbocycles. The highest BCUT2D eigenvalue weighted by Gasteiger charge is 2.37. The fourth-order valence-electron chi connectivity index (χ4n) is 4.47. The summed E-state index contributed by atoms with van der Waals surface area (Å²) in [5.74, 6) is -1.62. The Morgan fingerprint density at radius 2 is 1.69 bits per heavy atom. The lowest BCUT2D eigenvalue weighted by molar-refractivity contribution is -0.152. The van der Waals surface area contributed by atoms with Crippen molar-refractivity contribution in [2.24, 2.45) is 5.73 Å². The molecule has 1 aliphatic heterocycles. The smallest absolute Gasteiger partial charge is 0.326 e. The van der Waals surface area contributed by atoms with Crippen LogP contribution >= 0.6 is 0 Å². The number of carbonyl (C=O) groups is 2. The van der Waals surface area contributed by atoms with Crippen molar-refractivity contribution in [3.8, 4) is 0 Å². The molecule has 8 nitrogen and oxygen atoms in total. The van der Waals surface area contributed by atoms with E-state index in [9.17, 15) is 23.1 Å². The molecular formula is C26H29N3O5S. The van der Waals surface area contributed by atoms with Gasteiger partial charge in [-0.2, -0.15) is 4.72 Å². The first-order valence-electron chi connectivity index (χ1n) is 11.6. The van der Waals surface area contributed by atoms with Gasteiger partial charge >= 0.3 is 5.97 Å². The molecule has 0 saturated carbocycles. The Balaban J connectivity index is 1.66. The maximum atomic E-state index is 13.6. The highest BCUT2D eigenvalue weighted by molar-refractivity contribution is 7.89. The van der Waals surface area contributed by atoms with Crippen LogP contribution in [-0.4, -0.2) is 48.9 Å². The summed E-state index contributed by atoms with van der Waals surface area (Å²) in [5, 5.41) is 11.3. The SMILES string of the molecule is NCc1ccc(C[C@H](NS(=O)(=O)c2ccc3ccccc3c2)C(=O)N2CCCCC2C(=O)O)cc1. The predicted octanol–water partition coefficient (Wildman–Crippen LogP) is 2.65. The van der Waals surface area contributed by atoms with Crippen LogP contribution < -0.4 is 10.5 Å². The number of carboxylic acid groups (broad SMARTS) is 1. The molecular weight excluding hydrogens is 466 g/mol. The van der Waals surface area contributed by atoms with Crippen LogP contribution in [0.15, 0.2) is 71.6 Å². The number of rotatable bonds is 8. The van der Waals surface area contributed by atoms with Gasteiger partial charge in [-0.15, -0.1) is 0 Å². The molecule has 0 aliphatic carbocycles. The Morgan fingerprint density at radius 3 is 2.37 bits per heavy atom. The molecule has 0 spiro atoms. The zero-order chi connectivity index (χ0) is 25.0. The highest BCUT2D eigenvalue weighted by atomic mass is 32.2. The van der Waals surface area contributed by atoms with Gasteiger partial charge in [0.05, 0.1) is 4.90 Å². The van der Waals surface area contributed by atoms with Crippen LogP contribution in [0.3, 0.4) is 0 Å². The average molecular weight is 496 g/mol. The summed E-state index contributed by atoms with van der Waals surface area (Å²) in [4.78, 5) is 26.7. The van der Waals surface area contributed by atoms with E-state index < -0.39 is 34.0 Å². The normalized spacial score (nSPS) is 17.3. The summed E-state index contributed by atoms with van der Waals surface area (Å²) < 4.78 is 29.3. The number of sulfonamides is 1. The number of hydrogen-bond acceptors (Lipinski definition) is 5. The van der Waals surface area contributed by atoms with Gasteiger partial charge in [-0.1, -0.05) is 54.6 Å². The quantitative estimate of drug-likeness (QED) is 0.441. The van der Waals surface area contributed by atoms with Crippen molar-refractivity contribution in [2.45, 2.75) is 49.2 Å². The Labute approximate surface area is 204 Å². The van der Waals surface area contributed by atoms with Crippen LogP contribution in [0.2, 0.25) is 0 Å². The van der Waals surface area contributed by atoms with Gasteiger partial charge < -0.3 is 15.7 Å². The van der Waals surface area contributed by atoms with Crippen LogP contribution in [0.5, 0.6) is 0 Å². The maximum absolute atomic E-state index is 13.6. The summed E-state index contributed by atoms with van der Waals surface area (Å²) in [6.45, 7) is 0.640. The van der Waals surface area contributed by atoms with Gasteiger partial charge in [0.25, 0.3) is 0 Å². The van der Waals surface area contributed by atoms with E-state index in [1.165, 1.54) is 11.0 Å². The number of aliphatic carboxylic acids is 1. The summed E-state index contributed by atoms with van der Waals surface area (Å²) in [6.07, 6.45) is 1.80. The largest absolute Gasteiger partial charge is 0.480 e. The fraction of sp³-hybridized carbons (Fsp3) is 0.308. The van der Waals surface area contributed by atoms with E-state index in [1.54, 1.807) is 24.3 Å². The van der Waals surface area contributed by atoms with Crippen molar-refractivity contribution in [3.05, 3.63) is 77.9 Å². The van der Waals surface area contributed by atoms with E-state index in [4.69, 9.17) is 5.73 Å². The number of nitrogens with zero attached hydrogens (tertiary/aromatic N) is 1. The van der Waals surface area contributed by atoms with Crippen molar-refractivity contribution in [3.63, 3.8) is 0 Å². The van der Waals surface area contributed by atoms with E-state index in [0.717, 1.165) is 21.9 Å². The van der Waals surface area contributed by atoms with Crippen molar-refractivity contribution in [1.29, 1.82) is 0 Å². The van der Waals surface area contributed by atoms with Crippen molar-refractivity contribution in [1.82, 2.24) is 9.62 Å². The Bertz CT molecular complexity index is 1320. The third-order valence-electron chi connectivity index (χ3n) is 6.40. The third kappa shape index (κ3) is 5.70. The molecule has 2 atom stereocenters. The summed E-state index contributed by atoms with van der Waals surface area (Å²) >= 11 is 0. The van der Waals surface area contributed by atoms with Crippen LogP contribution in [0, 0.1) is 0 Å². The lowest BCUT2D eigenvalue weighted by Gasteiger charge is -2.35. The zero-order valence-electron chi connectivity index (χ0n) is 19.3. The van der Waals surface area contributed by atoms with E-state index in [-0.39, 0.29) is 17.9 Å². The number of amides is 1. The first-order chi connectivity index (χ1) is 16.8. The molecule has 9 heteroatoms. The Morgan fingerprint density at radius 1 is 1.00 bits per heavy atom. The van der Waals surface area contributed by atoms with Crippen LogP contribution in [-0.2, 0) is 32.6 Å². The van der Waals surface area contributed by atoms with Crippen LogP contribution in [0.1, 0.15) is 30.4 Å². The molecule has 184 valence electrons. The number of nitrogens with two attached hydrogens (primary N) is 1. The van der Waals surface area contributed by atoms with E-state index in [1.807, 2.05) is 36.4 Å². The number of carbonyl (C=O) groups excluding carboxylic acids is 1. The second-order valence-corrected chi connectivity index (χ2v) is 10.5. The lowest BCUT2D eigenvalue weighted by atomic mass is 9.99. The van der Waals surface area contributed by atoms with Crippen LogP contribution in [0.4, 0.5) is 0 Å². The molecule has 0 bridgehead atoms. The molecule has 35 heavy (non-hydrogen) atoms. The monoisotopic (exact) mass is 495 g/mol. The molecule has 0 radical (unpaired) electrons. The van der Waals surface area contributed by atoms with Gasteiger partial charge in [0, 0.05) is 13.1 Å². The standard InChI is InChI=1S/C26H29N3O5S/c27-17-19-10-8-18(9-11-19)15-23(25(30)29-14-4-3-7-24(29)26(31)32)28-35(33,34)22-13-12-20-5-1-2-6-21(20)16-22/h1-2,5-6,8-13,16,23-24,28H,3-4,7,14-15,17,27H2,(H,31,32)/t23-,24?/m0/s1. The fourth-order valence-corrected chi connectivity index (χ4v) is 5.69. The van der Waals surface area contributed by atoms with Gasteiger partial charge in [-0.25, -0.2) is 13.2 Å². The molecule has 1 aliphatic rings. The number of likely N-dealkylation sites (tertiary alicyclic amines) is 1. The summed E-state index contributed by atoms with van der Waals surface area (Å²) in [6, 6.07) is 17.3. The van der Waals surface area contributed by atoms with Crippen molar-refractivity contribution in [2.75, 3.05) is 6.54 Å². The predicted molar refractivity (Wildman–Crippen MR) is 133 cm³/mol. The number of piperidine rings is 1. The van der Waals surface area contributed by atoms with E-state index >= 15 is 0 Å². The number of nitrogens with one attached hydrogen (secondary N) is 1. The summed E-state index contributed by atoms with van der Waals surface area (Å²) in [5.41, 5.74) is 7.32. The molecule has 1 saturated heterocycles. The van der Waals surface area contributed by atoms with Crippen molar-refractivity contribution >= 4 is 32.7 Å². The topological polar surface area (TPSA) is 130 Å². The second-order valence-electron chi connectivity index (χ2n) is 8.79. The molecule has 1 fully saturated rings.